The highest BCUT2D eigenvalue weighted by atomic mass is 32.1. The van der Waals surface area contributed by atoms with Crippen LogP contribution in [0.2, 0.25) is 0 Å². The molecule has 0 bridgehead atoms. The van der Waals surface area contributed by atoms with E-state index in [1.807, 2.05) is 26.1 Å². The van der Waals surface area contributed by atoms with E-state index in [-0.39, 0.29) is 5.91 Å². The van der Waals surface area contributed by atoms with Gasteiger partial charge in [0, 0.05) is 44.0 Å². The third-order valence-electron chi connectivity index (χ3n) is 3.85. The van der Waals surface area contributed by atoms with Crippen LogP contribution in [-0.4, -0.2) is 60.8 Å². The van der Waals surface area contributed by atoms with Gasteiger partial charge in [-0.3, -0.25) is 4.79 Å². The monoisotopic (exact) mass is 337 g/mol. The molecule has 126 valence electrons. The molecule has 1 aliphatic rings. The van der Waals surface area contributed by atoms with E-state index < -0.39 is 11.4 Å². The minimum absolute atomic E-state index is 0.197. The average Bonchev–Trinajstić information content (AvgIpc) is 2.54. The van der Waals surface area contributed by atoms with Crippen LogP contribution >= 0.6 is 12.6 Å². The number of carbonyl (C=O) groups excluding carboxylic acids is 2. The van der Waals surface area contributed by atoms with Crippen LogP contribution in [0.4, 0.5) is 10.5 Å². The Morgan fingerprint density at radius 3 is 2.35 bits per heavy atom. The molecule has 1 atom stereocenters. The Labute approximate surface area is 142 Å². The molecule has 1 fully saturated rings. The van der Waals surface area contributed by atoms with Crippen molar-refractivity contribution >= 4 is 29.5 Å². The third-order valence-corrected chi connectivity index (χ3v) is 3.96. The zero-order valence-corrected chi connectivity index (χ0v) is 14.4. The maximum absolute atomic E-state index is 12.7. The summed E-state index contributed by atoms with van der Waals surface area (Å²) in [7, 11) is 2.02. The molecule has 1 aliphatic heterocycles. The van der Waals surface area contributed by atoms with Crippen molar-refractivity contribution in [1.82, 2.24) is 9.80 Å². The van der Waals surface area contributed by atoms with Crippen LogP contribution < -0.4 is 5.32 Å². The van der Waals surface area contributed by atoms with Gasteiger partial charge in [-0.05, 0) is 26.1 Å². The Morgan fingerprint density at radius 2 is 1.83 bits per heavy atom. The van der Waals surface area contributed by atoms with Crippen LogP contribution in [0, 0.1) is 0 Å². The molecule has 0 radical (unpaired) electrons. The Balaban J connectivity index is 2.15. The number of amides is 1. The summed E-state index contributed by atoms with van der Waals surface area (Å²) in [6.45, 7) is 5.71. The predicted octanol–water partition coefficient (Wildman–Crippen LogP) is 2.00. The average molecular weight is 337 g/mol. The van der Waals surface area contributed by atoms with Gasteiger partial charge in [0.25, 0.3) is 5.91 Å². The lowest BCUT2D eigenvalue weighted by Gasteiger charge is -2.34. The molecule has 6 nitrogen and oxygen atoms in total. The molecule has 7 heteroatoms. The van der Waals surface area contributed by atoms with Crippen LogP contribution in [-0.2, 0) is 9.53 Å². The van der Waals surface area contributed by atoms with Gasteiger partial charge in [-0.15, -0.1) is 0 Å². The minimum atomic E-state index is -0.945. The predicted molar refractivity (Wildman–Crippen MR) is 92.9 cm³/mol. The fourth-order valence-corrected chi connectivity index (χ4v) is 2.64. The Bertz CT molecular complexity index is 542. The number of hydrogen-bond donors (Lipinski definition) is 2. The molecule has 2 rings (SSSR count). The van der Waals surface area contributed by atoms with Crippen LogP contribution in [0.5, 0.6) is 0 Å². The first-order valence-electron chi connectivity index (χ1n) is 7.72. The number of thiol groups is 1. The third kappa shape index (κ3) is 4.87. The minimum Gasteiger partial charge on any atom is -0.439 e. The van der Waals surface area contributed by atoms with Crippen molar-refractivity contribution in [3.63, 3.8) is 0 Å². The first-order valence-corrected chi connectivity index (χ1v) is 8.16. The molecular weight excluding hydrogens is 314 g/mol. The lowest BCUT2D eigenvalue weighted by Crippen LogP contribution is -2.49. The Morgan fingerprint density at radius 1 is 1.22 bits per heavy atom. The number of nitrogens with one attached hydrogen (secondary N) is 1. The molecule has 1 saturated heterocycles. The highest BCUT2D eigenvalue weighted by molar-refractivity contribution is 7.96. The number of nitrogens with zero attached hydrogens (tertiary/aromatic N) is 2. The van der Waals surface area contributed by atoms with Crippen molar-refractivity contribution in [2.45, 2.75) is 13.0 Å². The summed E-state index contributed by atoms with van der Waals surface area (Å²) in [4.78, 5) is 27.9. The maximum Gasteiger partial charge on any atom is 0.365 e. The van der Waals surface area contributed by atoms with E-state index in [9.17, 15) is 9.59 Å². The van der Waals surface area contributed by atoms with E-state index in [2.05, 4.69) is 22.8 Å². The van der Waals surface area contributed by atoms with Crippen molar-refractivity contribution < 1.29 is 14.3 Å². The second-order valence-electron chi connectivity index (χ2n) is 5.54. The van der Waals surface area contributed by atoms with Gasteiger partial charge >= 0.3 is 5.30 Å². The number of rotatable bonds is 5. The maximum atomic E-state index is 12.7. The molecule has 1 heterocycles. The summed E-state index contributed by atoms with van der Waals surface area (Å²) in [6, 6.07) is 7.34. The number of anilines is 1. The number of likely N-dealkylation sites (N-methyl/N-ethyl adjacent to an activating group) is 1. The fourth-order valence-electron chi connectivity index (χ4n) is 2.53. The van der Waals surface area contributed by atoms with Gasteiger partial charge in [-0.2, -0.15) is 0 Å². The van der Waals surface area contributed by atoms with Crippen LogP contribution in [0.1, 0.15) is 18.6 Å². The molecule has 1 N–H and O–H groups in total. The SMILES string of the molecule is CCNc1ccc(C(OC(=O)S)C(=O)N2CCN(C)CC2)cc1. The molecule has 23 heavy (non-hydrogen) atoms. The molecule has 1 aromatic rings. The first-order chi connectivity index (χ1) is 11.0. The van der Waals surface area contributed by atoms with E-state index in [0.29, 0.717) is 18.7 Å². The second kappa shape index (κ2) is 8.21. The van der Waals surface area contributed by atoms with Gasteiger partial charge in [-0.1, -0.05) is 24.8 Å². The molecule has 0 saturated carbocycles. The molecule has 0 aromatic heterocycles. The zero-order chi connectivity index (χ0) is 16.8. The smallest absolute Gasteiger partial charge is 0.365 e. The number of benzene rings is 1. The van der Waals surface area contributed by atoms with E-state index in [1.165, 1.54) is 0 Å². The summed E-state index contributed by atoms with van der Waals surface area (Å²) < 4.78 is 5.18. The summed E-state index contributed by atoms with van der Waals surface area (Å²) in [5, 5.41) is 2.43. The van der Waals surface area contributed by atoms with Gasteiger partial charge in [0.05, 0.1) is 0 Å². The van der Waals surface area contributed by atoms with Gasteiger partial charge in [0.15, 0.2) is 0 Å². The Hall–Kier alpha value is -1.73. The molecule has 0 aliphatic carbocycles. The van der Waals surface area contributed by atoms with Crippen molar-refractivity contribution in [2.75, 3.05) is 45.1 Å². The van der Waals surface area contributed by atoms with E-state index in [4.69, 9.17) is 4.74 Å². The normalized spacial score (nSPS) is 16.7. The zero-order valence-electron chi connectivity index (χ0n) is 13.5. The number of hydrogen-bond acceptors (Lipinski definition) is 5. The van der Waals surface area contributed by atoms with Crippen LogP contribution in [0.25, 0.3) is 0 Å². The fraction of sp³-hybridized carbons (Fsp3) is 0.500. The standard InChI is InChI=1S/C16H23N3O3S/c1-3-17-13-6-4-12(5-7-13)14(22-16(21)23)15(20)19-10-8-18(2)9-11-19/h4-7,14,17H,3,8-11H2,1-2H3,(H,21,23). The first kappa shape index (κ1) is 17.6. The highest BCUT2D eigenvalue weighted by Gasteiger charge is 2.30. The number of ether oxygens (including phenoxy) is 1. The van der Waals surface area contributed by atoms with Gasteiger partial charge < -0.3 is 19.9 Å². The molecule has 1 unspecified atom stereocenters. The summed E-state index contributed by atoms with van der Waals surface area (Å²) in [5.41, 5.74) is 1.61. The van der Waals surface area contributed by atoms with Gasteiger partial charge in [0.1, 0.15) is 0 Å². The lowest BCUT2D eigenvalue weighted by molar-refractivity contribution is -0.141. The molecule has 1 amide bonds. The van der Waals surface area contributed by atoms with Crippen LogP contribution in [0.15, 0.2) is 24.3 Å². The largest absolute Gasteiger partial charge is 0.439 e. The van der Waals surface area contributed by atoms with Crippen molar-refractivity contribution in [3.8, 4) is 0 Å². The van der Waals surface area contributed by atoms with E-state index >= 15 is 0 Å². The van der Waals surface area contributed by atoms with Gasteiger partial charge in [0.2, 0.25) is 6.10 Å². The topological polar surface area (TPSA) is 61.9 Å². The van der Waals surface area contributed by atoms with Crippen molar-refractivity contribution in [1.29, 1.82) is 0 Å². The van der Waals surface area contributed by atoms with Crippen molar-refractivity contribution in [3.05, 3.63) is 29.8 Å². The van der Waals surface area contributed by atoms with E-state index in [0.717, 1.165) is 25.3 Å². The summed E-state index contributed by atoms with van der Waals surface area (Å²) >= 11 is 3.66. The van der Waals surface area contributed by atoms with E-state index in [1.54, 1.807) is 17.0 Å². The van der Waals surface area contributed by atoms with Crippen molar-refractivity contribution in [2.24, 2.45) is 0 Å². The number of carbonyl (C=O) groups is 2. The highest BCUT2D eigenvalue weighted by Crippen LogP contribution is 2.24. The van der Waals surface area contributed by atoms with Gasteiger partial charge in [-0.25, -0.2) is 4.79 Å². The lowest BCUT2D eigenvalue weighted by atomic mass is 10.1. The summed E-state index contributed by atoms with van der Waals surface area (Å²) in [6.07, 6.45) is -0.945. The molecule has 0 spiro atoms. The molecule has 1 aromatic carbocycles. The molecular formula is C16H23N3O3S. The number of piperazine rings is 1. The summed E-state index contributed by atoms with van der Waals surface area (Å²) in [5.74, 6) is -0.197. The Kier molecular flexibility index (Phi) is 6.29. The second-order valence-corrected chi connectivity index (χ2v) is 5.91. The quantitative estimate of drug-likeness (QED) is 0.636. The van der Waals surface area contributed by atoms with Crippen LogP contribution in [0.3, 0.4) is 0 Å².